The fourth-order valence-electron chi connectivity index (χ4n) is 3.40. The Morgan fingerprint density at radius 1 is 0.913 bits per heavy atom. The Labute approximate surface area is 142 Å². The molecule has 1 rings (SSSR count). The van der Waals surface area contributed by atoms with Crippen molar-refractivity contribution < 1.29 is 14.3 Å². The van der Waals surface area contributed by atoms with E-state index in [4.69, 9.17) is 0 Å². The van der Waals surface area contributed by atoms with Crippen molar-refractivity contribution in [3.05, 3.63) is 0 Å². The molecular weight excluding hydrogens is 288 g/mol. The van der Waals surface area contributed by atoms with Gasteiger partial charge in [-0.3, -0.25) is 9.59 Å². The maximum Gasteiger partial charge on any atom is 0.317 e. The summed E-state index contributed by atoms with van der Waals surface area (Å²) in [6.07, 6.45) is 16.9. The summed E-state index contributed by atoms with van der Waals surface area (Å²) in [5, 5.41) is 0. The number of cyclic esters (lactones) is 2. The van der Waals surface area contributed by atoms with Gasteiger partial charge in [0.05, 0.1) is 12.3 Å². The third kappa shape index (κ3) is 9.78. The minimum atomic E-state index is -0.344. The van der Waals surface area contributed by atoms with Gasteiger partial charge in [0.15, 0.2) is 0 Å². The van der Waals surface area contributed by atoms with Crippen LogP contribution < -0.4 is 0 Å². The van der Waals surface area contributed by atoms with Crippen molar-refractivity contribution in [1.82, 2.24) is 0 Å². The highest BCUT2D eigenvalue weighted by atomic mass is 16.6. The molecule has 0 aromatic rings. The molecule has 0 aliphatic carbocycles. The van der Waals surface area contributed by atoms with Crippen molar-refractivity contribution in [3.63, 3.8) is 0 Å². The number of carbonyl (C=O) groups is 2. The van der Waals surface area contributed by atoms with Crippen molar-refractivity contribution in [2.75, 3.05) is 0 Å². The molecule has 1 aliphatic rings. The lowest BCUT2D eigenvalue weighted by Gasteiger charge is -2.10. The van der Waals surface area contributed by atoms with Crippen LogP contribution in [0.1, 0.15) is 104 Å². The molecule has 1 heterocycles. The summed E-state index contributed by atoms with van der Waals surface area (Å²) >= 11 is 0. The molecule has 0 amide bonds. The summed E-state index contributed by atoms with van der Waals surface area (Å²) in [5.41, 5.74) is 0. The lowest BCUT2D eigenvalue weighted by molar-refractivity contribution is -0.153. The number of unbranched alkanes of at least 4 members (excludes halogenated alkanes) is 8. The fourth-order valence-corrected chi connectivity index (χ4v) is 3.40. The summed E-state index contributed by atoms with van der Waals surface area (Å²) in [7, 11) is 0. The van der Waals surface area contributed by atoms with E-state index in [1.807, 2.05) is 0 Å². The van der Waals surface area contributed by atoms with Crippen LogP contribution in [-0.2, 0) is 14.3 Å². The number of hydrogen-bond acceptors (Lipinski definition) is 3. The van der Waals surface area contributed by atoms with Crippen molar-refractivity contribution in [2.24, 2.45) is 11.8 Å². The maximum atomic E-state index is 11.3. The molecule has 1 saturated heterocycles. The van der Waals surface area contributed by atoms with Gasteiger partial charge in [0.2, 0.25) is 0 Å². The zero-order valence-corrected chi connectivity index (χ0v) is 15.3. The monoisotopic (exact) mass is 324 g/mol. The van der Waals surface area contributed by atoms with Crippen molar-refractivity contribution in [2.45, 2.75) is 104 Å². The fraction of sp³-hybridized carbons (Fsp3) is 0.900. The lowest BCUT2D eigenvalue weighted by atomic mass is 9.95. The summed E-state index contributed by atoms with van der Waals surface area (Å²) in [6.45, 7) is 4.66. The van der Waals surface area contributed by atoms with E-state index in [1.54, 1.807) is 0 Å². The van der Waals surface area contributed by atoms with E-state index >= 15 is 0 Å². The number of esters is 2. The predicted octanol–water partition coefficient (Wildman–Crippen LogP) is 5.80. The van der Waals surface area contributed by atoms with Gasteiger partial charge in [0, 0.05) is 0 Å². The number of hydrogen-bond donors (Lipinski definition) is 0. The van der Waals surface area contributed by atoms with Gasteiger partial charge in [0.1, 0.15) is 0 Å². The Kier molecular flexibility index (Phi) is 11.0. The van der Waals surface area contributed by atoms with Crippen LogP contribution in [0.2, 0.25) is 0 Å². The molecule has 0 saturated carbocycles. The third-order valence-electron chi connectivity index (χ3n) is 5.01. The van der Waals surface area contributed by atoms with E-state index in [9.17, 15) is 9.59 Å². The van der Waals surface area contributed by atoms with Crippen molar-refractivity contribution >= 4 is 11.9 Å². The van der Waals surface area contributed by atoms with Crippen LogP contribution in [0.15, 0.2) is 0 Å². The molecule has 1 fully saturated rings. The summed E-state index contributed by atoms with van der Waals surface area (Å²) < 4.78 is 4.57. The molecule has 0 spiro atoms. The first kappa shape index (κ1) is 20.2. The smallest absolute Gasteiger partial charge is 0.317 e. The van der Waals surface area contributed by atoms with E-state index in [0.717, 1.165) is 18.8 Å². The quantitative estimate of drug-likeness (QED) is 0.230. The maximum absolute atomic E-state index is 11.3. The van der Waals surface area contributed by atoms with E-state index in [0.29, 0.717) is 6.42 Å². The minimum absolute atomic E-state index is 0.156. The van der Waals surface area contributed by atoms with Crippen molar-refractivity contribution in [3.8, 4) is 0 Å². The Morgan fingerprint density at radius 2 is 1.48 bits per heavy atom. The number of rotatable bonds is 14. The molecular formula is C20H36O3. The predicted molar refractivity (Wildman–Crippen MR) is 94.1 cm³/mol. The van der Waals surface area contributed by atoms with Crippen LogP contribution in [-0.4, -0.2) is 11.9 Å². The molecule has 3 heteroatoms. The average Bonchev–Trinajstić information content (AvgIpc) is 2.84. The van der Waals surface area contributed by atoms with Gasteiger partial charge in [-0.25, -0.2) is 0 Å². The van der Waals surface area contributed by atoms with Crippen LogP contribution in [0.3, 0.4) is 0 Å². The van der Waals surface area contributed by atoms with Crippen LogP contribution in [0.4, 0.5) is 0 Å². The summed E-state index contributed by atoms with van der Waals surface area (Å²) in [5.74, 6) is 0.0839. The van der Waals surface area contributed by atoms with Gasteiger partial charge >= 0.3 is 11.9 Å². The molecule has 0 aromatic heterocycles. The SMILES string of the molecule is CCCCCCC(C)CCCCCCCCC1CC(=O)OC1=O. The molecule has 3 nitrogen and oxygen atoms in total. The molecule has 0 radical (unpaired) electrons. The second-order valence-corrected chi connectivity index (χ2v) is 7.35. The second-order valence-electron chi connectivity index (χ2n) is 7.35. The Balaban J connectivity index is 1.84. The average molecular weight is 325 g/mol. The lowest BCUT2D eigenvalue weighted by Crippen LogP contribution is -2.07. The Hall–Kier alpha value is -0.860. The molecule has 1 aliphatic heterocycles. The summed E-state index contributed by atoms with van der Waals surface area (Å²) in [6, 6.07) is 0. The molecule has 134 valence electrons. The van der Waals surface area contributed by atoms with E-state index in [2.05, 4.69) is 18.6 Å². The van der Waals surface area contributed by atoms with E-state index < -0.39 is 0 Å². The first-order valence-electron chi connectivity index (χ1n) is 9.88. The van der Waals surface area contributed by atoms with Gasteiger partial charge in [0.25, 0.3) is 0 Å². The molecule has 2 unspecified atom stereocenters. The molecule has 0 bridgehead atoms. The largest absolute Gasteiger partial charge is 0.393 e. The standard InChI is InChI=1S/C20H36O3/c1-3-4-5-10-13-17(2)14-11-8-6-7-9-12-15-18-16-19(21)23-20(18)22/h17-18H,3-16H2,1-2H3. The summed E-state index contributed by atoms with van der Waals surface area (Å²) in [4.78, 5) is 22.3. The molecule has 0 aromatic carbocycles. The van der Waals surface area contributed by atoms with Crippen LogP contribution >= 0.6 is 0 Å². The van der Waals surface area contributed by atoms with E-state index in [1.165, 1.54) is 70.6 Å². The first-order chi connectivity index (χ1) is 11.1. The second kappa shape index (κ2) is 12.5. The van der Waals surface area contributed by atoms with Gasteiger partial charge in [-0.2, -0.15) is 0 Å². The Morgan fingerprint density at radius 3 is 2.04 bits per heavy atom. The molecule has 2 atom stereocenters. The topological polar surface area (TPSA) is 43.4 Å². The van der Waals surface area contributed by atoms with Crippen LogP contribution in [0, 0.1) is 11.8 Å². The molecule has 23 heavy (non-hydrogen) atoms. The number of carbonyl (C=O) groups excluding carboxylic acids is 2. The van der Waals surface area contributed by atoms with Gasteiger partial charge < -0.3 is 4.74 Å². The zero-order valence-electron chi connectivity index (χ0n) is 15.3. The van der Waals surface area contributed by atoms with Gasteiger partial charge in [-0.1, -0.05) is 90.9 Å². The number of ether oxygens (including phenoxy) is 1. The third-order valence-corrected chi connectivity index (χ3v) is 5.01. The van der Waals surface area contributed by atoms with Crippen LogP contribution in [0.25, 0.3) is 0 Å². The molecule has 0 N–H and O–H groups in total. The van der Waals surface area contributed by atoms with Crippen molar-refractivity contribution in [1.29, 1.82) is 0 Å². The van der Waals surface area contributed by atoms with Gasteiger partial charge in [-0.15, -0.1) is 0 Å². The highest BCUT2D eigenvalue weighted by Crippen LogP contribution is 2.23. The van der Waals surface area contributed by atoms with Gasteiger partial charge in [-0.05, 0) is 12.3 Å². The normalized spacial score (nSPS) is 19.1. The minimum Gasteiger partial charge on any atom is -0.393 e. The Bertz CT molecular complexity index is 338. The van der Waals surface area contributed by atoms with E-state index in [-0.39, 0.29) is 17.9 Å². The first-order valence-corrected chi connectivity index (χ1v) is 9.88. The highest BCUT2D eigenvalue weighted by molar-refractivity contribution is 5.94. The highest BCUT2D eigenvalue weighted by Gasteiger charge is 2.32. The van der Waals surface area contributed by atoms with Crippen LogP contribution in [0.5, 0.6) is 0 Å². The zero-order chi connectivity index (χ0) is 16.9.